The highest BCUT2D eigenvalue weighted by Gasteiger charge is 2.49. The minimum Gasteiger partial charge on any atom is -0.380 e. The zero-order valence-corrected chi connectivity index (χ0v) is 10.9. The van der Waals surface area contributed by atoms with Crippen molar-refractivity contribution in [1.29, 1.82) is 0 Å². The molecule has 0 aliphatic heterocycles. The van der Waals surface area contributed by atoms with Crippen LogP contribution in [0.2, 0.25) is 0 Å². The van der Waals surface area contributed by atoms with Crippen molar-refractivity contribution < 1.29 is 4.74 Å². The lowest BCUT2D eigenvalue weighted by atomic mass is 9.88. The maximum Gasteiger partial charge on any atom is 0.0628 e. The van der Waals surface area contributed by atoms with Gasteiger partial charge in [0.05, 0.1) is 6.61 Å². The Morgan fingerprint density at radius 2 is 2.00 bits per heavy atom. The van der Waals surface area contributed by atoms with E-state index < -0.39 is 0 Å². The Kier molecular flexibility index (Phi) is 4.19. The molecule has 2 rings (SSSR count). The Morgan fingerprint density at radius 3 is 2.53 bits per heavy atom. The summed E-state index contributed by atoms with van der Waals surface area (Å²) in [5.41, 5.74) is 1.78. The van der Waals surface area contributed by atoms with E-state index in [4.69, 9.17) is 4.74 Å². The molecule has 94 valence electrons. The zero-order chi connectivity index (χ0) is 12.1. The average Bonchev–Trinajstić information content (AvgIpc) is 3.17. The highest BCUT2D eigenvalue weighted by atomic mass is 16.5. The Hall–Kier alpha value is -0.860. The molecule has 17 heavy (non-hydrogen) atoms. The van der Waals surface area contributed by atoms with Crippen LogP contribution in [-0.4, -0.2) is 26.3 Å². The Balaban J connectivity index is 2.03. The molecule has 1 saturated carbocycles. The van der Waals surface area contributed by atoms with Gasteiger partial charge in [0.2, 0.25) is 0 Å². The topological polar surface area (TPSA) is 21.3 Å². The van der Waals surface area contributed by atoms with Crippen LogP contribution in [0.1, 0.15) is 31.7 Å². The van der Waals surface area contributed by atoms with E-state index in [1.54, 1.807) is 0 Å². The first-order chi connectivity index (χ1) is 8.33. The number of likely N-dealkylation sites (N-methyl/N-ethyl adjacent to an activating group) is 1. The molecule has 1 aromatic rings. The lowest BCUT2D eigenvalue weighted by Crippen LogP contribution is -2.41. The van der Waals surface area contributed by atoms with Gasteiger partial charge in [-0.1, -0.05) is 37.3 Å². The second-order valence-electron chi connectivity index (χ2n) is 4.94. The predicted octanol–water partition coefficient (Wildman–Crippen LogP) is 2.73. The van der Waals surface area contributed by atoms with Crippen molar-refractivity contribution in [3.63, 3.8) is 0 Å². The third-order valence-corrected chi connectivity index (χ3v) is 3.79. The third-order valence-electron chi connectivity index (χ3n) is 3.79. The normalized spacial score (nSPS) is 18.9. The van der Waals surface area contributed by atoms with Crippen molar-refractivity contribution in [3.05, 3.63) is 35.9 Å². The molecule has 0 heterocycles. The second-order valence-corrected chi connectivity index (χ2v) is 4.94. The number of benzene rings is 1. The van der Waals surface area contributed by atoms with E-state index in [9.17, 15) is 0 Å². The first kappa shape index (κ1) is 12.6. The van der Waals surface area contributed by atoms with Gasteiger partial charge >= 0.3 is 0 Å². The summed E-state index contributed by atoms with van der Waals surface area (Å²) in [5.74, 6) is 0. The fourth-order valence-electron chi connectivity index (χ4n) is 2.61. The van der Waals surface area contributed by atoms with Crippen molar-refractivity contribution in [2.24, 2.45) is 0 Å². The van der Waals surface area contributed by atoms with Crippen LogP contribution in [0.3, 0.4) is 0 Å². The molecule has 0 aromatic heterocycles. The zero-order valence-electron chi connectivity index (χ0n) is 10.9. The van der Waals surface area contributed by atoms with Crippen molar-refractivity contribution in [1.82, 2.24) is 5.32 Å². The quantitative estimate of drug-likeness (QED) is 0.731. The molecule has 1 aromatic carbocycles. The minimum absolute atomic E-state index is 0.323. The molecule has 2 heteroatoms. The van der Waals surface area contributed by atoms with E-state index in [0.29, 0.717) is 11.5 Å². The summed E-state index contributed by atoms with van der Waals surface area (Å²) in [6.45, 7) is 3.83. The van der Waals surface area contributed by atoms with Crippen LogP contribution in [0, 0.1) is 0 Å². The summed E-state index contributed by atoms with van der Waals surface area (Å²) in [6.07, 6.45) is 3.64. The van der Waals surface area contributed by atoms with Gasteiger partial charge in [-0.3, -0.25) is 0 Å². The number of hydrogen-bond acceptors (Lipinski definition) is 2. The molecule has 1 unspecified atom stereocenters. The van der Waals surface area contributed by atoms with Crippen LogP contribution in [0.15, 0.2) is 30.3 Å². The summed E-state index contributed by atoms with van der Waals surface area (Å²) < 4.78 is 5.72. The number of nitrogens with one attached hydrogen (secondary N) is 1. The molecule has 1 N–H and O–H groups in total. The van der Waals surface area contributed by atoms with E-state index in [1.165, 1.54) is 18.4 Å². The van der Waals surface area contributed by atoms with Crippen LogP contribution in [0.4, 0.5) is 0 Å². The van der Waals surface area contributed by atoms with E-state index in [0.717, 1.165) is 19.6 Å². The summed E-state index contributed by atoms with van der Waals surface area (Å²) in [5, 5.41) is 3.44. The van der Waals surface area contributed by atoms with Crippen LogP contribution < -0.4 is 5.32 Å². The summed E-state index contributed by atoms with van der Waals surface area (Å²) in [4.78, 5) is 0. The van der Waals surface area contributed by atoms with Gasteiger partial charge in [-0.2, -0.15) is 0 Å². The second kappa shape index (κ2) is 5.65. The molecule has 0 bridgehead atoms. The molecule has 0 radical (unpaired) electrons. The number of ether oxygens (including phenoxy) is 1. The Morgan fingerprint density at radius 1 is 1.29 bits per heavy atom. The molecule has 1 aliphatic rings. The van der Waals surface area contributed by atoms with Crippen LogP contribution in [0.5, 0.6) is 0 Å². The van der Waals surface area contributed by atoms with Gasteiger partial charge in [0, 0.05) is 18.1 Å². The van der Waals surface area contributed by atoms with E-state index in [1.807, 2.05) is 7.05 Å². The first-order valence-electron chi connectivity index (χ1n) is 6.64. The van der Waals surface area contributed by atoms with Gasteiger partial charge in [-0.15, -0.1) is 0 Å². The summed E-state index contributed by atoms with van der Waals surface area (Å²) >= 11 is 0. The highest BCUT2D eigenvalue weighted by Crippen LogP contribution is 2.50. The van der Waals surface area contributed by atoms with E-state index in [2.05, 4.69) is 42.6 Å². The number of hydrogen-bond donors (Lipinski definition) is 1. The highest BCUT2D eigenvalue weighted by molar-refractivity contribution is 5.33. The smallest absolute Gasteiger partial charge is 0.0628 e. The lowest BCUT2D eigenvalue weighted by molar-refractivity contribution is 0.103. The molecular weight excluding hydrogens is 210 g/mol. The van der Waals surface area contributed by atoms with Gasteiger partial charge in [0.15, 0.2) is 0 Å². The van der Waals surface area contributed by atoms with E-state index >= 15 is 0 Å². The molecule has 0 spiro atoms. The summed E-state index contributed by atoms with van der Waals surface area (Å²) in [6, 6.07) is 11.3. The maximum absolute atomic E-state index is 5.72. The van der Waals surface area contributed by atoms with Crippen molar-refractivity contribution in [2.75, 3.05) is 20.3 Å². The van der Waals surface area contributed by atoms with Crippen LogP contribution >= 0.6 is 0 Å². The summed E-state index contributed by atoms with van der Waals surface area (Å²) in [7, 11) is 2.04. The largest absolute Gasteiger partial charge is 0.380 e. The lowest BCUT2D eigenvalue weighted by Gasteiger charge is -2.27. The third kappa shape index (κ3) is 2.70. The first-order valence-corrected chi connectivity index (χ1v) is 6.64. The van der Waals surface area contributed by atoms with Crippen molar-refractivity contribution >= 4 is 0 Å². The molecule has 2 nitrogen and oxygen atoms in total. The molecule has 1 fully saturated rings. The molecule has 1 atom stereocenters. The van der Waals surface area contributed by atoms with Gasteiger partial charge < -0.3 is 10.1 Å². The predicted molar refractivity (Wildman–Crippen MR) is 71.3 cm³/mol. The fourth-order valence-corrected chi connectivity index (χ4v) is 2.61. The Bertz CT molecular complexity index is 332. The van der Waals surface area contributed by atoms with Crippen molar-refractivity contribution in [2.45, 2.75) is 37.6 Å². The standard InChI is InChI=1S/C15H23NO/c1-3-11-17-12-14(16-2)15(9-10-15)13-7-5-4-6-8-13/h4-8,14,16H,3,9-12H2,1-2H3. The van der Waals surface area contributed by atoms with Gasteiger partial charge in [0.1, 0.15) is 0 Å². The molecule has 0 saturated heterocycles. The monoisotopic (exact) mass is 233 g/mol. The maximum atomic E-state index is 5.72. The minimum atomic E-state index is 0.323. The van der Waals surface area contributed by atoms with Gasteiger partial charge in [0.25, 0.3) is 0 Å². The molecular formula is C15H23NO. The SMILES string of the molecule is CCCOCC(NC)C1(c2ccccc2)CC1. The van der Waals surface area contributed by atoms with E-state index in [-0.39, 0.29) is 0 Å². The number of rotatable bonds is 7. The van der Waals surface area contributed by atoms with Gasteiger partial charge in [-0.05, 0) is 31.9 Å². The molecule has 1 aliphatic carbocycles. The van der Waals surface area contributed by atoms with Gasteiger partial charge in [-0.25, -0.2) is 0 Å². The fraction of sp³-hybridized carbons (Fsp3) is 0.600. The van der Waals surface area contributed by atoms with Crippen LogP contribution in [-0.2, 0) is 10.2 Å². The Labute approximate surface area is 104 Å². The van der Waals surface area contributed by atoms with Crippen molar-refractivity contribution in [3.8, 4) is 0 Å². The molecule has 0 amide bonds. The average molecular weight is 233 g/mol. The van der Waals surface area contributed by atoms with Crippen LogP contribution in [0.25, 0.3) is 0 Å².